The second-order valence-corrected chi connectivity index (χ2v) is 7.11. The molecule has 148 valence electrons. The van der Waals surface area contributed by atoms with Gasteiger partial charge in [-0.05, 0) is 68.8 Å². The molecule has 0 atom stereocenters. The Morgan fingerprint density at radius 1 is 1.14 bits per heavy atom. The summed E-state index contributed by atoms with van der Waals surface area (Å²) in [6.45, 7) is 5.31. The molecule has 28 heavy (non-hydrogen) atoms. The highest BCUT2D eigenvalue weighted by molar-refractivity contribution is 6.07. The molecule has 8 nitrogen and oxygen atoms in total. The molecule has 1 aromatic heterocycles. The number of ether oxygens (including phenoxy) is 1. The maximum absolute atomic E-state index is 12.3. The molecule has 0 aliphatic heterocycles. The Bertz CT molecular complexity index is 905. The van der Waals surface area contributed by atoms with Gasteiger partial charge in [-0.2, -0.15) is 0 Å². The van der Waals surface area contributed by atoms with Crippen LogP contribution in [0.25, 0.3) is 6.08 Å². The average Bonchev–Trinajstić information content (AvgIpc) is 2.98. The zero-order valence-corrected chi connectivity index (χ0v) is 16.1. The standard InChI is InChI=1S/C20H23N3O5/c1-20(2,3)28-19(26)21-15-8-6-14(7-9-15)17(24)10-5-13-11-16(18(25)22-27)23(4)12-13/h5-12,27H,1-4H3,(H,21,26)(H,22,25)/b10-5+. The summed E-state index contributed by atoms with van der Waals surface area (Å²) in [5, 5.41) is 11.3. The van der Waals surface area contributed by atoms with Gasteiger partial charge in [0, 0.05) is 24.5 Å². The number of hydrogen-bond donors (Lipinski definition) is 3. The topological polar surface area (TPSA) is 110 Å². The molecule has 0 fully saturated rings. The predicted octanol–water partition coefficient (Wildman–Crippen LogP) is 3.39. The fourth-order valence-electron chi connectivity index (χ4n) is 2.37. The van der Waals surface area contributed by atoms with E-state index in [0.29, 0.717) is 16.8 Å². The molecule has 3 N–H and O–H groups in total. The highest BCUT2D eigenvalue weighted by atomic mass is 16.6. The van der Waals surface area contributed by atoms with Crippen molar-refractivity contribution in [1.29, 1.82) is 0 Å². The Kier molecular flexibility index (Phi) is 6.37. The number of allylic oxidation sites excluding steroid dienone is 1. The molecule has 8 heteroatoms. The highest BCUT2D eigenvalue weighted by Gasteiger charge is 2.16. The van der Waals surface area contributed by atoms with Crippen LogP contribution in [0.5, 0.6) is 0 Å². The Labute approximate surface area is 162 Å². The number of hydrogen-bond acceptors (Lipinski definition) is 5. The molecule has 0 spiro atoms. The van der Waals surface area contributed by atoms with Crippen LogP contribution in [0, 0.1) is 0 Å². The van der Waals surface area contributed by atoms with Crippen molar-refractivity contribution in [3.63, 3.8) is 0 Å². The molecule has 0 aliphatic carbocycles. The van der Waals surface area contributed by atoms with Crippen LogP contribution in [-0.4, -0.2) is 33.2 Å². The zero-order valence-electron chi connectivity index (χ0n) is 16.1. The monoisotopic (exact) mass is 385 g/mol. The predicted molar refractivity (Wildman–Crippen MR) is 104 cm³/mol. The SMILES string of the molecule is Cn1cc(/C=C/C(=O)c2ccc(NC(=O)OC(C)(C)C)cc2)cc1C(=O)NO. The van der Waals surface area contributed by atoms with Gasteiger partial charge in [0.15, 0.2) is 5.78 Å². The number of benzene rings is 1. The molecule has 2 aromatic rings. The van der Waals surface area contributed by atoms with Gasteiger partial charge in [-0.1, -0.05) is 0 Å². The van der Waals surface area contributed by atoms with Crippen LogP contribution >= 0.6 is 0 Å². The van der Waals surface area contributed by atoms with Crippen molar-refractivity contribution >= 4 is 29.5 Å². The number of ketones is 1. The molecule has 2 amide bonds. The number of rotatable bonds is 5. The first kappa shape index (κ1) is 20.9. The fourth-order valence-corrected chi connectivity index (χ4v) is 2.37. The van der Waals surface area contributed by atoms with E-state index in [2.05, 4.69) is 5.32 Å². The zero-order chi connectivity index (χ0) is 20.9. The normalized spacial score (nSPS) is 11.3. The van der Waals surface area contributed by atoms with Crippen LogP contribution in [0.3, 0.4) is 0 Å². The van der Waals surface area contributed by atoms with Crippen molar-refractivity contribution in [2.24, 2.45) is 7.05 Å². The van der Waals surface area contributed by atoms with E-state index in [1.807, 2.05) is 0 Å². The van der Waals surface area contributed by atoms with Crippen molar-refractivity contribution in [1.82, 2.24) is 10.0 Å². The van der Waals surface area contributed by atoms with Crippen LogP contribution in [-0.2, 0) is 11.8 Å². The summed E-state index contributed by atoms with van der Waals surface area (Å²) >= 11 is 0. The lowest BCUT2D eigenvalue weighted by Gasteiger charge is -2.19. The fraction of sp³-hybridized carbons (Fsp3) is 0.250. The summed E-state index contributed by atoms with van der Waals surface area (Å²) in [5.74, 6) is -0.873. The third-order valence-electron chi connectivity index (χ3n) is 3.60. The Morgan fingerprint density at radius 2 is 1.79 bits per heavy atom. The van der Waals surface area contributed by atoms with E-state index in [1.165, 1.54) is 10.6 Å². The lowest BCUT2D eigenvalue weighted by atomic mass is 10.1. The van der Waals surface area contributed by atoms with Crippen molar-refractivity contribution in [2.45, 2.75) is 26.4 Å². The number of nitrogens with one attached hydrogen (secondary N) is 2. The Balaban J connectivity index is 2.02. The summed E-state index contributed by atoms with van der Waals surface area (Å²) in [6, 6.07) is 7.95. The molecule has 2 rings (SSSR count). The summed E-state index contributed by atoms with van der Waals surface area (Å²) in [4.78, 5) is 35.5. The summed E-state index contributed by atoms with van der Waals surface area (Å²) < 4.78 is 6.70. The molecule has 1 aromatic carbocycles. The quantitative estimate of drug-likeness (QED) is 0.316. The van der Waals surface area contributed by atoms with Crippen LogP contribution in [0.15, 0.2) is 42.6 Å². The first-order valence-electron chi connectivity index (χ1n) is 8.52. The Morgan fingerprint density at radius 3 is 2.36 bits per heavy atom. The van der Waals surface area contributed by atoms with E-state index in [0.717, 1.165) is 0 Å². The number of carbonyl (C=O) groups is 3. The number of amides is 2. The lowest BCUT2D eigenvalue weighted by molar-refractivity contribution is 0.0635. The number of aromatic nitrogens is 1. The summed E-state index contributed by atoms with van der Waals surface area (Å²) in [5.41, 5.74) is 2.82. The van der Waals surface area contributed by atoms with Crippen LogP contribution < -0.4 is 10.8 Å². The Hall–Kier alpha value is -3.39. The van der Waals surface area contributed by atoms with E-state index in [9.17, 15) is 14.4 Å². The van der Waals surface area contributed by atoms with Crippen molar-refractivity contribution in [3.8, 4) is 0 Å². The van der Waals surface area contributed by atoms with E-state index in [1.54, 1.807) is 75.9 Å². The second kappa shape index (κ2) is 8.53. The van der Waals surface area contributed by atoms with E-state index >= 15 is 0 Å². The van der Waals surface area contributed by atoms with Gasteiger partial charge in [-0.25, -0.2) is 10.3 Å². The van der Waals surface area contributed by atoms with Gasteiger partial charge in [-0.3, -0.25) is 20.1 Å². The minimum absolute atomic E-state index is 0.235. The van der Waals surface area contributed by atoms with Gasteiger partial charge in [0.1, 0.15) is 11.3 Å². The molecule has 0 saturated heterocycles. The first-order chi connectivity index (χ1) is 13.1. The van der Waals surface area contributed by atoms with Gasteiger partial charge < -0.3 is 9.30 Å². The van der Waals surface area contributed by atoms with Crippen LogP contribution in [0.1, 0.15) is 47.2 Å². The van der Waals surface area contributed by atoms with Gasteiger partial charge in [0.05, 0.1) is 0 Å². The number of hydroxylamine groups is 1. The van der Waals surface area contributed by atoms with Crippen molar-refractivity contribution in [2.75, 3.05) is 5.32 Å². The molecule has 0 saturated carbocycles. The highest BCUT2D eigenvalue weighted by Crippen LogP contribution is 2.15. The minimum atomic E-state index is -0.637. The van der Waals surface area contributed by atoms with E-state index < -0.39 is 17.6 Å². The first-order valence-corrected chi connectivity index (χ1v) is 8.52. The summed E-state index contributed by atoms with van der Waals surface area (Å²) in [7, 11) is 1.65. The van der Waals surface area contributed by atoms with Crippen LogP contribution in [0.2, 0.25) is 0 Å². The van der Waals surface area contributed by atoms with Crippen LogP contribution in [0.4, 0.5) is 10.5 Å². The summed E-state index contributed by atoms with van der Waals surface area (Å²) in [6.07, 6.45) is 4.04. The largest absolute Gasteiger partial charge is 0.444 e. The average molecular weight is 385 g/mol. The molecule has 0 bridgehead atoms. The van der Waals surface area contributed by atoms with Gasteiger partial charge in [0.2, 0.25) is 0 Å². The molecular formula is C20H23N3O5. The molecule has 0 unspecified atom stereocenters. The van der Waals surface area contributed by atoms with E-state index in [4.69, 9.17) is 9.94 Å². The van der Waals surface area contributed by atoms with E-state index in [-0.39, 0.29) is 11.5 Å². The number of anilines is 1. The van der Waals surface area contributed by atoms with Gasteiger partial charge in [0.25, 0.3) is 5.91 Å². The molecule has 0 aliphatic rings. The van der Waals surface area contributed by atoms with Gasteiger partial charge >= 0.3 is 6.09 Å². The third-order valence-corrected chi connectivity index (χ3v) is 3.60. The number of aryl methyl sites for hydroxylation is 1. The smallest absolute Gasteiger partial charge is 0.412 e. The third kappa shape index (κ3) is 5.82. The lowest BCUT2D eigenvalue weighted by Crippen LogP contribution is -2.27. The molecule has 1 heterocycles. The maximum atomic E-state index is 12.3. The minimum Gasteiger partial charge on any atom is -0.444 e. The van der Waals surface area contributed by atoms with Crippen molar-refractivity contribution in [3.05, 3.63) is 59.4 Å². The van der Waals surface area contributed by atoms with Gasteiger partial charge in [-0.15, -0.1) is 0 Å². The number of carbonyl (C=O) groups excluding carboxylic acids is 3. The molecular weight excluding hydrogens is 362 g/mol. The maximum Gasteiger partial charge on any atom is 0.412 e. The molecule has 0 radical (unpaired) electrons. The second-order valence-electron chi connectivity index (χ2n) is 7.11. The van der Waals surface area contributed by atoms with Crippen molar-refractivity contribution < 1.29 is 24.3 Å². The number of nitrogens with zero attached hydrogens (tertiary/aromatic N) is 1.